The molecule has 0 unspecified atom stereocenters. The van der Waals surface area contributed by atoms with Gasteiger partial charge in [0.1, 0.15) is 0 Å². The first-order chi connectivity index (χ1) is 16.1. The molecule has 0 radical (unpaired) electrons. The van der Waals surface area contributed by atoms with Crippen LogP contribution in [0.2, 0.25) is 0 Å². The molecule has 0 atom stereocenters. The van der Waals surface area contributed by atoms with Crippen LogP contribution in [0.15, 0.2) is 94.8 Å². The van der Waals surface area contributed by atoms with E-state index < -0.39 is 5.69 Å². The zero-order valence-corrected chi connectivity index (χ0v) is 18.3. The van der Waals surface area contributed by atoms with Crippen LogP contribution < -0.4 is 11.2 Å². The smallest absolute Gasteiger partial charge is 0.320 e. The molecule has 0 aliphatic carbocycles. The molecule has 0 aliphatic rings. The van der Waals surface area contributed by atoms with Crippen LogP contribution in [0.5, 0.6) is 0 Å². The molecule has 0 aliphatic heterocycles. The molecule has 2 aromatic carbocycles. The van der Waals surface area contributed by atoms with Crippen LogP contribution in [0.25, 0.3) is 11.2 Å². The molecule has 7 nitrogen and oxygen atoms in total. The molecule has 0 spiro atoms. The monoisotopic (exact) mass is 437 g/mol. The molecule has 0 bridgehead atoms. The lowest BCUT2D eigenvalue weighted by molar-refractivity contribution is 0.620. The minimum absolute atomic E-state index is 0.0978. The summed E-state index contributed by atoms with van der Waals surface area (Å²) in [4.78, 5) is 36.1. The third-order valence-electron chi connectivity index (χ3n) is 5.63. The van der Waals surface area contributed by atoms with Gasteiger partial charge in [0.05, 0.1) is 25.1 Å². The van der Waals surface area contributed by atoms with E-state index in [4.69, 9.17) is 0 Å². The predicted molar refractivity (Wildman–Crippen MR) is 127 cm³/mol. The molecule has 0 saturated heterocycles. The third-order valence-corrected chi connectivity index (χ3v) is 5.63. The van der Waals surface area contributed by atoms with Crippen molar-refractivity contribution >= 4 is 11.2 Å². The Kier molecular flexibility index (Phi) is 5.44. The van der Waals surface area contributed by atoms with E-state index in [1.165, 1.54) is 4.57 Å². The molecule has 0 fully saturated rings. The highest BCUT2D eigenvalue weighted by Gasteiger charge is 2.19. The Morgan fingerprint density at radius 2 is 1.39 bits per heavy atom. The predicted octanol–water partition coefficient (Wildman–Crippen LogP) is 3.21. The second-order valence-electron chi connectivity index (χ2n) is 8.05. The molecule has 33 heavy (non-hydrogen) atoms. The van der Waals surface area contributed by atoms with Crippen LogP contribution in [-0.4, -0.2) is 23.7 Å². The van der Waals surface area contributed by atoms with Crippen molar-refractivity contribution in [2.75, 3.05) is 0 Å². The quantitative estimate of drug-likeness (QED) is 0.409. The molecule has 0 N–H and O–H groups in total. The molecule has 0 amide bonds. The van der Waals surface area contributed by atoms with Crippen LogP contribution in [-0.2, 0) is 19.6 Å². The van der Waals surface area contributed by atoms with E-state index in [0.29, 0.717) is 29.9 Å². The first-order valence-electron chi connectivity index (χ1n) is 10.8. The van der Waals surface area contributed by atoms with Crippen LogP contribution in [0.1, 0.15) is 22.5 Å². The van der Waals surface area contributed by atoms with E-state index in [9.17, 15) is 9.59 Å². The molecule has 7 heteroatoms. The van der Waals surface area contributed by atoms with Gasteiger partial charge in [-0.15, -0.1) is 0 Å². The number of nitrogens with zero attached hydrogens (tertiary/aromatic N) is 5. The summed E-state index contributed by atoms with van der Waals surface area (Å²) < 4.78 is 4.65. The topological polar surface area (TPSA) is 74.7 Å². The second-order valence-corrected chi connectivity index (χ2v) is 8.05. The van der Waals surface area contributed by atoms with Crippen molar-refractivity contribution in [2.24, 2.45) is 0 Å². The summed E-state index contributed by atoms with van der Waals surface area (Å²) in [5.74, 6) is 0. The average Bonchev–Trinajstić information content (AvgIpc) is 3.24. The number of pyridine rings is 1. The van der Waals surface area contributed by atoms with Gasteiger partial charge >= 0.3 is 5.69 Å². The average molecular weight is 438 g/mol. The number of aromatic nitrogens is 5. The first-order valence-corrected chi connectivity index (χ1v) is 10.8. The van der Waals surface area contributed by atoms with Gasteiger partial charge in [-0.1, -0.05) is 66.7 Å². The second kappa shape index (κ2) is 8.70. The van der Waals surface area contributed by atoms with Gasteiger partial charge in [-0.05, 0) is 30.2 Å². The van der Waals surface area contributed by atoms with E-state index in [2.05, 4.69) is 9.97 Å². The minimum atomic E-state index is -0.398. The van der Waals surface area contributed by atoms with Gasteiger partial charge in [0, 0.05) is 12.2 Å². The normalized spacial score (nSPS) is 11.2. The van der Waals surface area contributed by atoms with Crippen molar-refractivity contribution < 1.29 is 0 Å². The fraction of sp³-hybridized carbons (Fsp3) is 0.154. The lowest BCUT2D eigenvalue weighted by Gasteiger charge is -2.13. The summed E-state index contributed by atoms with van der Waals surface area (Å²) in [5.41, 5.74) is 3.52. The highest BCUT2D eigenvalue weighted by Crippen LogP contribution is 2.12. The highest BCUT2D eigenvalue weighted by molar-refractivity contribution is 5.70. The number of benzene rings is 2. The van der Waals surface area contributed by atoms with Crippen molar-refractivity contribution in [3.05, 3.63) is 129 Å². The van der Waals surface area contributed by atoms with E-state index >= 15 is 0 Å². The van der Waals surface area contributed by atoms with Gasteiger partial charge in [-0.3, -0.25) is 18.9 Å². The van der Waals surface area contributed by atoms with Crippen molar-refractivity contribution in [2.45, 2.75) is 26.6 Å². The lowest BCUT2D eigenvalue weighted by atomic mass is 10.2. The van der Waals surface area contributed by atoms with E-state index in [-0.39, 0.29) is 12.1 Å². The zero-order chi connectivity index (χ0) is 22.8. The van der Waals surface area contributed by atoms with Gasteiger partial charge < -0.3 is 4.57 Å². The van der Waals surface area contributed by atoms with Crippen LogP contribution >= 0.6 is 0 Å². The number of hydrogen-bond donors (Lipinski definition) is 0. The maximum atomic E-state index is 13.6. The Morgan fingerprint density at radius 3 is 2.06 bits per heavy atom. The number of rotatable bonds is 6. The Hall–Kier alpha value is -4.26. The fourth-order valence-electron chi connectivity index (χ4n) is 4.04. The van der Waals surface area contributed by atoms with Crippen molar-refractivity contribution in [3.8, 4) is 0 Å². The molecule has 5 aromatic rings. The Labute approximate surface area is 190 Å². The number of fused-ring (bicyclic) bond motifs is 1. The number of aryl methyl sites for hydroxylation is 1. The zero-order valence-electron chi connectivity index (χ0n) is 18.3. The SMILES string of the molecule is Cc1cccc(Cn2c(=O)c3c(ncn3Cc3ccccc3)n(Cc3ccccc3)c2=O)n1. The summed E-state index contributed by atoms with van der Waals surface area (Å²) >= 11 is 0. The Balaban J connectivity index is 1.70. The lowest BCUT2D eigenvalue weighted by Crippen LogP contribution is -2.41. The summed E-state index contributed by atoms with van der Waals surface area (Å²) in [5, 5.41) is 0. The number of hydrogen-bond acceptors (Lipinski definition) is 4. The van der Waals surface area contributed by atoms with Gasteiger partial charge in [0.25, 0.3) is 5.56 Å². The maximum absolute atomic E-state index is 13.6. The van der Waals surface area contributed by atoms with Crippen molar-refractivity contribution in [1.29, 1.82) is 0 Å². The Bertz CT molecular complexity index is 1530. The third kappa shape index (κ3) is 4.13. The molecular formula is C26H23N5O2. The molecule has 3 heterocycles. The molecular weight excluding hydrogens is 414 g/mol. The summed E-state index contributed by atoms with van der Waals surface area (Å²) in [7, 11) is 0. The van der Waals surface area contributed by atoms with Crippen LogP contribution in [0.3, 0.4) is 0 Å². The molecule has 5 rings (SSSR count). The minimum Gasteiger partial charge on any atom is -0.320 e. The summed E-state index contributed by atoms with van der Waals surface area (Å²) in [6.45, 7) is 2.79. The largest absolute Gasteiger partial charge is 0.333 e. The molecule has 3 aromatic heterocycles. The van der Waals surface area contributed by atoms with Crippen molar-refractivity contribution in [1.82, 2.24) is 23.7 Å². The van der Waals surface area contributed by atoms with Crippen LogP contribution in [0, 0.1) is 6.92 Å². The van der Waals surface area contributed by atoms with Gasteiger partial charge in [-0.2, -0.15) is 0 Å². The van der Waals surface area contributed by atoms with E-state index in [1.54, 1.807) is 10.9 Å². The highest BCUT2D eigenvalue weighted by atomic mass is 16.2. The molecule has 164 valence electrons. The van der Waals surface area contributed by atoms with Crippen molar-refractivity contribution in [3.63, 3.8) is 0 Å². The summed E-state index contributed by atoms with van der Waals surface area (Å²) in [6, 6.07) is 25.2. The summed E-state index contributed by atoms with van der Waals surface area (Å²) in [6.07, 6.45) is 1.63. The van der Waals surface area contributed by atoms with Gasteiger partial charge in [-0.25, -0.2) is 9.78 Å². The Morgan fingerprint density at radius 1 is 0.727 bits per heavy atom. The van der Waals surface area contributed by atoms with E-state index in [0.717, 1.165) is 16.8 Å². The maximum Gasteiger partial charge on any atom is 0.333 e. The van der Waals surface area contributed by atoms with Gasteiger partial charge in [0.15, 0.2) is 11.2 Å². The number of imidazole rings is 1. The van der Waals surface area contributed by atoms with E-state index in [1.807, 2.05) is 90.4 Å². The van der Waals surface area contributed by atoms with Crippen LogP contribution in [0.4, 0.5) is 0 Å². The molecule has 0 saturated carbocycles. The standard InChI is InChI=1S/C26H23N5O2/c1-19-9-8-14-22(28-19)17-31-25(32)23-24(27-18-29(23)15-20-10-4-2-5-11-20)30(26(31)33)16-21-12-6-3-7-13-21/h2-14,18H,15-17H2,1H3. The fourth-order valence-corrected chi connectivity index (χ4v) is 4.04. The van der Waals surface area contributed by atoms with Gasteiger partial charge in [0.2, 0.25) is 0 Å². The first kappa shape index (κ1) is 20.6.